The molecule has 0 spiro atoms. The highest BCUT2D eigenvalue weighted by Gasteiger charge is 2.26. The zero-order valence-corrected chi connectivity index (χ0v) is 18.8. The number of hydrogen-bond acceptors (Lipinski definition) is 8. The maximum atomic E-state index is 12.9. The molecule has 1 aliphatic heterocycles. The molecule has 3 heterocycles. The monoisotopic (exact) mass is 480 g/mol. The second-order valence-corrected chi connectivity index (χ2v) is 10.7. The minimum absolute atomic E-state index is 0.00184. The molecule has 2 aromatic heterocycles. The molecule has 1 aromatic carbocycles. The zero-order chi connectivity index (χ0) is 22.0. The Morgan fingerprint density at radius 1 is 1.23 bits per heavy atom. The van der Waals surface area contributed by atoms with Crippen molar-refractivity contribution in [2.45, 2.75) is 29.4 Å². The zero-order valence-electron chi connectivity index (χ0n) is 16.4. The smallest absolute Gasteiger partial charge is 0.257 e. The van der Waals surface area contributed by atoms with E-state index in [-0.39, 0.29) is 27.3 Å². The highest BCUT2D eigenvalue weighted by atomic mass is 32.2. The first-order chi connectivity index (χ1) is 14.8. The predicted octanol–water partition coefficient (Wildman–Crippen LogP) is 2.89. The summed E-state index contributed by atoms with van der Waals surface area (Å²) in [5.41, 5.74) is 6.38. The second-order valence-electron chi connectivity index (χ2n) is 6.94. The number of sulfonamides is 1. The molecule has 0 bridgehead atoms. The molecule has 1 fully saturated rings. The Balaban J connectivity index is 1.44. The van der Waals surface area contributed by atoms with E-state index in [1.54, 1.807) is 17.5 Å². The molecule has 0 saturated carbocycles. The lowest BCUT2D eigenvalue weighted by atomic mass is 10.2. The minimum atomic E-state index is -3.57. The molecule has 3 aromatic rings. The van der Waals surface area contributed by atoms with Crippen molar-refractivity contribution in [3.05, 3.63) is 35.2 Å². The number of amides is 2. The Morgan fingerprint density at radius 3 is 2.74 bits per heavy atom. The van der Waals surface area contributed by atoms with Crippen LogP contribution >= 0.6 is 23.1 Å². The third kappa shape index (κ3) is 4.76. The number of oxazole rings is 1. The number of hydrogen-bond donors (Lipinski definition) is 2. The number of nitrogens with one attached hydrogen (secondary N) is 1. The number of nitrogens with zero attached hydrogens (tertiary/aromatic N) is 2. The number of primary amides is 1. The van der Waals surface area contributed by atoms with Gasteiger partial charge in [-0.25, -0.2) is 13.4 Å². The quantitative estimate of drug-likeness (QED) is 0.496. The minimum Gasteiger partial charge on any atom is -0.431 e. The number of nitrogens with two attached hydrogens (primary N) is 1. The van der Waals surface area contributed by atoms with Crippen LogP contribution in [0.5, 0.6) is 0 Å². The molecule has 2 amide bonds. The Hall–Kier alpha value is -2.41. The Labute approximate surface area is 187 Å². The summed E-state index contributed by atoms with van der Waals surface area (Å²) in [5.74, 6) is -0.953. The number of thiophene rings is 1. The first-order valence-electron chi connectivity index (χ1n) is 9.55. The lowest BCUT2D eigenvalue weighted by Gasteiger charge is -2.25. The van der Waals surface area contributed by atoms with E-state index in [1.165, 1.54) is 27.8 Å². The molecule has 1 aliphatic rings. The second kappa shape index (κ2) is 8.99. The van der Waals surface area contributed by atoms with E-state index in [0.29, 0.717) is 29.2 Å². The normalized spacial score (nSPS) is 15.2. The average molecular weight is 481 g/mol. The Kier molecular flexibility index (Phi) is 6.32. The van der Waals surface area contributed by atoms with Gasteiger partial charge in [-0.15, -0.1) is 11.3 Å². The fourth-order valence-electron chi connectivity index (χ4n) is 3.25. The fraction of sp³-hybridized carbons (Fsp3) is 0.316. The summed E-state index contributed by atoms with van der Waals surface area (Å²) < 4.78 is 32.8. The number of aromatic nitrogens is 1. The van der Waals surface area contributed by atoms with Crippen LogP contribution in [0, 0.1) is 0 Å². The number of rotatable bonds is 7. The van der Waals surface area contributed by atoms with Crippen LogP contribution in [-0.2, 0) is 14.8 Å². The first kappa shape index (κ1) is 21.8. The molecule has 0 radical (unpaired) electrons. The molecule has 9 nitrogen and oxygen atoms in total. The van der Waals surface area contributed by atoms with Crippen molar-refractivity contribution in [1.82, 2.24) is 9.29 Å². The van der Waals surface area contributed by atoms with Gasteiger partial charge in [-0.05, 0) is 42.5 Å². The van der Waals surface area contributed by atoms with E-state index in [9.17, 15) is 18.0 Å². The van der Waals surface area contributed by atoms with Crippen LogP contribution < -0.4 is 11.1 Å². The number of thioether (sulfide) groups is 1. The van der Waals surface area contributed by atoms with Gasteiger partial charge in [0.15, 0.2) is 5.58 Å². The predicted molar refractivity (Wildman–Crippen MR) is 119 cm³/mol. The number of anilines is 1. The van der Waals surface area contributed by atoms with Gasteiger partial charge in [-0.2, -0.15) is 4.31 Å². The highest BCUT2D eigenvalue weighted by molar-refractivity contribution is 7.99. The molecule has 0 aliphatic carbocycles. The third-order valence-electron chi connectivity index (χ3n) is 4.80. The van der Waals surface area contributed by atoms with Gasteiger partial charge in [-0.3, -0.25) is 9.59 Å². The average Bonchev–Trinajstić information content (AvgIpc) is 3.38. The van der Waals surface area contributed by atoms with Crippen LogP contribution in [0.2, 0.25) is 0 Å². The number of benzene rings is 1. The summed E-state index contributed by atoms with van der Waals surface area (Å²) in [6.45, 7) is 1.05. The lowest BCUT2D eigenvalue weighted by Crippen LogP contribution is -2.35. The van der Waals surface area contributed by atoms with E-state index in [2.05, 4.69) is 10.3 Å². The van der Waals surface area contributed by atoms with Crippen LogP contribution in [0.4, 0.5) is 5.00 Å². The number of carbonyl (C=O) groups is 2. The fourth-order valence-corrected chi connectivity index (χ4v) is 6.24. The number of carbonyl (C=O) groups excluding carboxylic acids is 2. The largest absolute Gasteiger partial charge is 0.431 e. The van der Waals surface area contributed by atoms with E-state index in [0.717, 1.165) is 31.0 Å². The van der Waals surface area contributed by atoms with Gasteiger partial charge >= 0.3 is 0 Å². The van der Waals surface area contributed by atoms with Crippen LogP contribution in [0.1, 0.15) is 29.6 Å². The van der Waals surface area contributed by atoms with Gasteiger partial charge in [0.05, 0.1) is 16.2 Å². The van der Waals surface area contributed by atoms with Crippen molar-refractivity contribution in [2.24, 2.45) is 5.73 Å². The van der Waals surface area contributed by atoms with E-state index >= 15 is 0 Å². The summed E-state index contributed by atoms with van der Waals surface area (Å²) in [7, 11) is -3.57. The van der Waals surface area contributed by atoms with E-state index in [1.807, 2.05) is 0 Å². The highest BCUT2D eigenvalue weighted by Crippen LogP contribution is 2.28. The summed E-state index contributed by atoms with van der Waals surface area (Å²) in [4.78, 5) is 28.0. The number of fused-ring (bicyclic) bond motifs is 1. The summed E-state index contributed by atoms with van der Waals surface area (Å²) in [5, 5.41) is 4.95. The molecular weight excluding hydrogens is 460 g/mol. The van der Waals surface area contributed by atoms with Crippen molar-refractivity contribution in [2.75, 3.05) is 24.2 Å². The van der Waals surface area contributed by atoms with Gasteiger partial charge in [-0.1, -0.05) is 18.2 Å². The van der Waals surface area contributed by atoms with Crippen LogP contribution in [0.15, 0.2) is 44.2 Å². The van der Waals surface area contributed by atoms with Gasteiger partial charge in [0.2, 0.25) is 15.9 Å². The standard InChI is InChI=1S/C19H20N4O5S3/c20-17(25)13-6-9-29-18(13)22-16(24)11-30-19-21-14-10-12(4-5-15(14)28-19)31(26,27)23-7-2-1-3-8-23/h4-6,9-10H,1-3,7-8,11H2,(H2,20,25)(H,22,24). The molecule has 31 heavy (non-hydrogen) atoms. The molecule has 1 saturated heterocycles. The van der Waals surface area contributed by atoms with Gasteiger partial charge in [0.25, 0.3) is 11.1 Å². The molecule has 0 unspecified atom stereocenters. The number of piperidine rings is 1. The van der Waals surface area contributed by atoms with E-state index in [4.69, 9.17) is 10.2 Å². The first-order valence-corrected chi connectivity index (χ1v) is 12.9. The maximum Gasteiger partial charge on any atom is 0.257 e. The van der Waals surface area contributed by atoms with Crippen molar-refractivity contribution >= 4 is 61.0 Å². The molecule has 164 valence electrons. The van der Waals surface area contributed by atoms with Crippen molar-refractivity contribution in [3.63, 3.8) is 0 Å². The van der Waals surface area contributed by atoms with Crippen LogP contribution in [0.3, 0.4) is 0 Å². The lowest BCUT2D eigenvalue weighted by molar-refractivity contribution is -0.113. The Bertz CT molecular complexity index is 1230. The van der Waals surface area contributed by atoms with Crippen molar-refractivity contribution in [3.8, 4) is 0 Å². The maximum absolute atomic E-state index is 12.9. The molecule has 4 rings (SSSR count). The molecular formula is C19H20N4O5S3. The van der Waals surface area contributed by atoms with Crippen LogP contribution in [-0.4, -0.2) is 48.4 Å². The van der Waals surface area contributed by atoms with Crippen LogP contribution in [0.25, 0.3) is 11.1 Å². The van der Waals surface area contributed by atoms with Gasteiger partial charge in [0.1, 0.15) is 10.5 Å². The SMILES string of the molecule is NC(=O)c1ccsc1NC(=O)CSc1nc2cc(S(=O)(=O)N3CCCCC3)ccc2o1. The Morgan fingerprint density at radius 2 is 2.00 bits per heavy atom. The molecule has 3 N–H and O–H groups in total. The van der Waals surface area contributed by atoms with Gasteiger partial charge < -0.3 is 15.5 Å². The third-order valence-corrected chi connectivity index (χ3v) is 8.36. The van der Waals surface area contributed by atoms with E-state index < -0.39 is 15.9 Å². The topological polar surface area (TPSA) is 136 Å². The summed E-state index contributed by atoms with van der Waals surface area (Å²) in [6, 6.07) is 6.14. The molecule has 12 heteroatoms. The summed E-state index contributed by atoms with van der Waals surface area (Å²) in [6.07, 6.45) is 2.76. The van der Waals surface area contributed by atoms with Crippen molar-refractivity contribution < 1.29 is 22.4 Å². The van der Waals surface area contributed by atoms with Crippen molar-refractivity contribution in [1.29, 1.82) is 0 Å². The van der Waals surface area contributed by atoms with Gasteiger partial charge in [0, 0.05) is 13.1 Å². The summed E-state index contributed by atoms with van der Waals surface area (Å²) >= 11 is 2.28. The molecule has 0 atom stereocenters.